The van der Waals surface area contributed by atoms with E-state index in [-0.39, 0.29) is 0 Å². The number of imidazole rings is 1. The topological polar surface area (TPSA) is 146 Å². The fraction of sp³-hybridized carbons (Fsp3) is 0.583. The van der Waals surface area contributed by atoms with Gasteiger partial charge in [0.2, 0.25) is 0 Å². The number of fused-ring (bicyclic) bond motifs is 1. The molecule has 0 spiro atoms. The maximum Gasteiger partial charge on any atom is 0.199 e. The smallest absolute Gasteiger partial charge is 0.199 e. The van der Waals surface area contributed by atoms with Gasteiger partial charge in [-0.05, 0) is 0 Å². The number of anilines is 1. The molecule has 22 heavy (non-hydrogen) atoms. The Hall–Kier alpha value is -1.85. The number of ether oxygens (including phenoxy) is 1. The molecule has 0 unspecified atom stereocenters. The van der Waals surface area contributed by atoms with Gasteiger partial charge >= 0.3 is 0 Å². The largest absolute Gasteiger partial charge is 0.394 e. The van der Waals surface area contributed by atoms with Gasteiger partial charge in [-0.25, -0.2) is 15.0 Å². The van der Waals surface area contributed by atoms with Gasteiger partial charge in [0.15, 0.2) is 22.7 Å². The molecule has 1 fully saturated rings. The van der Waals surface area contributed by atoms with E-state index < -0.39 is 37.3 Å². The Bertz CT molecular complexity index is 679. The first-order valence-corrected chi connectivity index (χ1v) is 6.71. The number of aromatic nitrogens is 4. The lowest BCUT2D eigenvalue weighted by atomic mass is 10.0. The van der Waals surface area contributed by atoms with E-state index in [1.165, 1.54) is 17.2 Å². The normalized spacial score (nSPS) is 31.8. The summed E-state index contributed by atoms with van der Waals surface area (Å²) in [6, 6.07) is 0. The summed E-state index contributed by atoms with van der Waals surface area (Å²) in [5.74, 6) is 0.476. The second-order valence-electron chi connectivity index (χ2n) is 5.04. The van der Waals surface area contributed by atoms with Gasteiger partial charge in [-0.15, -0.1) is 0 Å². The molecule has 2 aromatic heterocycles. The van der Waals surface area contributed by atoms with Crippen LogP contribution in [-0.2, 0) is 10.5 Å². The lowest BCUT2D eigenvalue weighted by molar-refractivity contribution is -0.169. The van der Waals surface area contributed by atoms with E-state index in [1.807, 2.05) is 0 Å². The average molecular weight is 311 g/mol. The zero-order valence-electron chi connectivity index (χ0n) is 11.8. The van der Waals surface area contributed by atoms with Gasteiger partial charge < -0.3 is 30.5 Å². The number of nitrogens with zero attached hydrogens (tertiary/aromatic N) is 4. The molecule has 3 heterocycles. The molecule has 10 heteroatoms. The highest BCUT2D eigenvalue weighted by atomic mass is 16.6. The standard InChI is InChI=1S/C12H17N5O5/c1-13-10-7-11(15-4-14-10)17(5-16-7)12(3-19)9(21)8(20)6(2-18)22-12/h4-6,8-9,18-21H,2-3H2,1H3,(H,13,14,15)/t6-,8-,9-,12-/m1/s1. The summed E-state index contributed by atoms with van der Waals surface area (Å²) < 4.78 is 6.88. The molecule has 0 aliphatic carbocycles. The van der Waals surface area contributed by atoms with Gasteiger partial charge in [0, 0.05) is 7.05 Å². The minimum atomic E-state index is -1.68. The molecule has 0 radical (unpaired) electrons. The van der Waals surface area contributed by atoms with Crippen LogP contribution in [-0.4, -0.2) is 78.5 Å². The van der Waals surface area contributed by atoms with Crippen molar-refractivity contribution in [3.8, 4) is 0 Å². The maximum absolute atomic E-state index is 10.3. The summed E-state index contributed by atoms with van der Waals surface area (Å²) in [5, 5.41) is 42.2. The van der Waals surface area contributed by atoms with E-state index in [1.54, 1.807) is 7.05 Å². The molecule has 4 atom stereocenters. The Kier molecular flexibility index (Phi) is 3.70. The second-order valence-corrected chi connectivity index (χ2v) is 5.04. The van der Waals surface area contributed by atoms with Crippen LogP contribution < -0.4 is 5.32 Å². The van der Waals surface area contributed by atoms with Crippen LogP contribution in [0.25, 0.3) is 11.2 Å². The third-order valence-electron chi connectivity index (χ3n) is 3.91. The SMILES string of the molecule is CNc1ncnc2c1ncn2[C@]1(CO)O[C@H](CO)[C@@H](O)[C@H]1O. The molecule has 0 amide bonds. The van der Waals surface area contributed by atoms with Gasteiger partial charge in [0.25, 0.3) is 0 Å². The van der Waals surface area contributed by atoms with Crippen LogP contribution in [0.4, 0.5) is 5.82 Å². The molecule has 1 aliphatic rings. The van der Waals surface area contributed by atoms with E-state index in [2.05, 4.69) is 20.3 Å². The van der Waals surface area contributed by atoms with Crippen molar-refractivity contribution in [1.29, 1.82) is 0 Å². The Labute approximate surface area is 125 Å². The van der Waals surface area contributed by atoms with E-state index in [0.717, 1.165) is 0 Å². The van der Waals surface area contributed by atoms with E-state index in [4.69, 9.17) is 4.74 Å². The molecule has 1 aliphatic heterocycles. The van der Waals surface area contributed by atoms with E-state index in [0.29, 0.717) is 17.0 Å². The maximum atomic E-state index is 10.3. The molecule has 10 nitrogen and oxygen atoms in total. The van der Waals surface area contributed by atoms with E-state index >= 15 is 0 Å². The predicted octanol–water partition coefficient (Wildman–Crippen LogP) is -2.37. The fourth-order valence-corrected chi connectivity index (χ4v) is 2.72. The van der Waals surface area contributed by atoms with Crippen LogP contribution >= 0.6 is 0 Å². The Balaban J connectivity index is 2.16. The van der Waals surface area contributed by atoms with Crippen molar-refractivity contribution < 1.29 is 25.2 Å². The molecule has 0 bridgehead atoms. The summed E-state index contributed by atoms with van der Waals surface area (Å²) in [6.45, 7) is -1.13. The van der Waals surface area contributed by atoms with Crippen molar-refractivity contribution in [3.63, 3.8) is 0 Å². The van der Waals surface area contributed by atoms with E-state index in [9.17, 15) is 20.4 Å². The van der Waals surface area contributed by atoms with Gasteiger partial charge in [0.1, 0.15) is 24.6 Å². The summed E-state index contributed by atoms with van der Waals surface area (Å²) in [6.07, 6.45) is -1.18. The third kappa shape index (κ3) is 1.89. The van der Waals surface area contributed by atoms with Crippen molar-refractivity contribution in [2.45, 2.75) is 24.0 Å². The highest BCUT2D eigenvalue weighted by molar-refractivity contribution is 5.82. The molecule has 3 rings (SSSR count). The van der Waals surface area contributed by atoms with Crippen LogP contribution in [0.5, 0.6) is 0 Å². The minimum Gasteiger partial charge on any atom is -0.394 e. The molecule has 0 saturated carbocycles. The van der Waals surface area contributed by atoms with Crippen LogP contribution in [0.1, 0.15) is 0 Å². The first kappa shape index (κ1) is 15.1. The molecule has 5 N–H and O–H groups in total. The predicted molar refractivity (Wildman–Crippen MR) is 73.9 cm³/mol. The highest BCUT2D eigenvalue weighted by Crippen LogP contribution is 2.37. The summed E-state index contributed by atoms with van der Waals surface area (Å²) >= 11 is 0. The Morgan fingerprint density at radius 1 is 1.32 bits per heavy atom. The third-order valence-corrected chi connectivity index (χ3v) is 3.91. The lowest BCUT2D eigenvalue weighted by Gasteiger charge is -2.31. The lowest BCUT2D eigenvalue weighted by Crippen LogP contribution is -2.48. The second kappa shape index (κ2) is 5.41. The molecule has 120 valence electrons. The van der Waals surface area contributed by atoms with Crippen molar-refractivity contribution in [2.24, 2.45) is 0 Å². The number of nitrogens with one attached hydrogen (secondary N) is 1. The molecular weight excluding hydrogens is 294 g/mol. The number of rotatable bonds is 4. The van der Waals surface area contributed by atoms with Crippen LogP contribution in [0.3, 0.4) is 0 Å². The quantitative estimate of drug-likeness (QED) is 0.418. The Morgan fingerprint density at radius 3 is 2.68 bits per heavy atom. The van der Waals surface area contributed by atoms with Gasteiger partial charge in [-0.1, -0.05) is 0 Å². The monoisotopic (exact) mass is 311 g/mol. The van der Waals surface area contributed by atoms with Gasteiger partial charge in [-0.3, -0.25) is 4.57 Å². The van der Waals surface area contributed by atoms with Crippen LogP contribution in [0.2, 0.25) is 0 Å². The van der Waals surface area contributed by atoms with Crippen LogP contribution in [0, 0.1) is 0 Å². The van der Waals surface area contributed by atoms with Gasteiger partial charge in [-0.2, -0.15) is 0 Å². The zero-order chi connectivity index (χ0) is 15.9. The van der Waals surface area contributed by atoms with Crippen molar-refractivity contribution in [2.75, 3.05) is 25.6 Å². The first-order chi connectivity index (χ1) is 10.6. The molecule has 0 aromatic carbocycles. The molecular formula is C12H17N5O5. The number of aliphatic hydroxyl groups excluding tert-OH is 4. The first-order valence-electron chi connectivity index (χ1n) is 6.71. The summed E-state index contributed by atoms with van der Waals surface area (Å²) in [5.41, 5.74) is -0.935. The van der Waals surface area contributed by atoms with Crippen LogP contribution in [0.15, 0.2) is 12.7 Å². The van der Waals surface area contributed by atoms with Crippen molar-refractivity contribution in [3.05, 3.63) is 12.7 Å². The minimum absolute atomic E-state index is 0.318. The molecule has 1 saturated heterocycles. The van der Waals surface area contributed by atoms with Gasteiger partial charge in [0.05, 0.1) is 19.5 Å². The number of hydrogen-bond donors (Lipinski definition) is 5. The summed E-state index contributed by atoms with van der Waals surface area (Å²) in [4.78, 5) is 12.3. The number of aliphatic hydroxyl groups is 4. The zero-order valence-corrected chi connectivity index (χ0v) is 11.8. The molecule has 2 aromatic rings. The summed E-state index contributed by atoms with van der Waals surface area (Å²) in [7, 11) is 1.68. The Morgan fingerprint density at radius 2 is 2.09 bits per heavy atom. The highest BCUT2D eigenvalue weighted by Gasteiger charge is 2.55. The fourth-order valence-electron chi connectivity index (χ4n) is 2.72. The van der Waals surface area contributed by atoms with Crippen molar-refractivity contribution >= 4 is 17.0 Å². The average Bonchev–Trinajstić information content (AvgIpc) is 3.09. The number of hydrogen-bond acceptors (Lipinski definition) is 9. The van der Waals surface area contributed by atoms with Crippen molar-refractivity contribution in [1.82, 2.24) is 19.5 Å².